The maximum Gasteiger partial charge on any atom is 0.259 e. The van der Waals surface area contributed by atoms with Gasteiger partial charge in [0.25, 0.3) is 5.17 Å². The summed E-state index contributed by atoms with van der Waals surface area (Å²) in [5.74, 6) is 0.354. The lowest BCUT2D eigenvalue weighted by atomic mass is 10.0. The SMILES string of the molecule is Cc1cc(COC(=S)N(C)C)cc(CN(C)C)c1O. The van der Waals surface area contributed by atoms with Crippen molar-refractivity contribution in [1.82, 2.24) is 9.80 Å². The fourth-order valence-electron chi connectivity index (χ4n) is 1.75. The lowest BCUT2D eigenvalue weighted by Crippen LogP contribution is -2.22. The highest BCUT2D eigenvalue weighted by atomic mass is 32.1. The summed E-state index contributed by atoms with van der Waals surface area (Å²) in [6, 6.07) is 3.88. The summed E-state index contributed by atoms with van der Waals surface area (Å²) in [6.45, 7) is 3.00. The van der Waals surface area contributed by atoms with Crippen molar-refractivity contribution in [3.05, 3.63) is 28.8 Å². The van der Waals surface area contributed by atoms with Gasteiger partial charge in [-0.3, -0.25) is 0 Å². The van der Waals surface area contributed by atoms with Crippen LogP contribution in [-0.4, -0.2) is 48.3 Å². The fourth-order valence-corrected chi connectivity index (χ4v) is 1.81. The first-order valence-electron chi connectivity index (χ1n) is 6.11. The van der Waals surface area contributed by atoms with Crippen LogP contribution in [0.1, 0.15) is 16.7 Å². The quantitative estimate of drug-likeness (QED) is 0.856. The lowest BCUT2D eigenvalue weighted by molar-refractivity contribution is 0.257. The minimum atomic E-state index is 0.354. The van der Waals surface area contributed by atoms with Crippen molar-refractivity contribution in [2.24, 2.45) is 0 Å². The van der Waals surface area contributed by atoms with Crippen molar-refractivity contribution in [3.63, 3.8) is 0 Å². The summed E-state index contributed by atoms with van der Waals surface area (Å²) in [5.41, 5.74) is 2.77. The average molecular weight is 282 g/mol. The Hall–Kier alpha value is -1.33. The van der Waals surface area contributed by atoms with Crippen LogP contribution in [0.2, 0.25) is 0 Å². The van der Waals surface area contributed by atoms with Gasteiger partial charge >= 0.3 is 0 Å². The van der Waals surface area contributed by atoms with Crippen LogP contribution in [0.15, 0.2) is 12.1 Å². The third-order valence-electron chi connectivity index (χ3n) is 2.65. The first kappa shape index (κ1) is 15.7. The molecule has 1 rings (SSSR count). The molecule has 5 heteroatoms. The highest BCUT2D eigenvalue weighted by Gasteiger charge is 2.09. The van der Waals surface area contributed by atoms with Crippen LogP contribution in [-0.2, 0) is 17.9 Å². The number of ether oxygens (including phenoxy) is 1. The Morgan fingerprint density at radius 1 is 1.26 bits per heavy atom. The highest BCUT2D eigenvalue weighted by molar-refractivity contribution is 7.79. The van der Waals surface area contributed by atoms with Crippen LogP contribution in [0.4, 0.5) is 0 Å². The van der Waals surface area contributed by atoms with Gasteiger partial charge in [0.15, 0.2) is 0 Å². The van der Waals surface area contributed by atoms with Gasteiger partial charge in [-0.05, 0) is 56.5 Å². The molecule has 19 heavy (non-hydrogen) atoms. The van der Waals surface area contributed by atoms with Crippen LogP contribution >= 0.6 is 12.2 Å². The normalized spacial score (nSPS) is 10.6. The monoisotopic (exact) mass is 282 g/mol. The van der Waals surface area contributed by atoms with Crippen LogP contribution in [0.5, 0.6) is 5.75 Å². The fraction of sp³-hybridized carbons (Fsp3) is 0.500. The van der Waals surface area contributed by atoms with Crippen LogP contribution in [0, 0.1) is 6.92 Å². The number of hydrogen-bond acceptors (Lipinski definition) is 4. The molecule has 106 valence electrons. The number of benzene rings is 1. The molecule has 4 nitrogen and oxygen atoms in total. The van der Waals surface area contributed by atoms with Gasteiger partial charge in [0, 0.05) is 26.2 Å². The Morgan fingerprint density at radius 2 is 1.89 bits per heavy atom. The van der Waals surface area contributed by atoms with E-state index in [1.54, 1.807) is 4.90 Å². The van der Waals surface area contributed by atoms with Crippen molar-refractivity contribution in [3.8, 4) is 5.75 Å². The second-order valence-electron chi connectivity index (χ2n) is 5.11. The molecule has 0 radical (unpaired) electrons. The number of aryl methyl sites for hydroxylation is 1. The molecule has 1 aromatic rings. The zero-order chi connectivity index (χ0) is 14.6. The van der Waals surface area contributed by atoms with Crippen molar-refractivity contribution in [2.45, 2.75) is 20.1 Å². The van der Waals surface area contributed by atoms with Crippen LogP contribution in [0.25, 0.3) is 0 Å². The Morgan fingerprint density at radius 3 is 2.42 bits per heavy atom. The molecule has 0 fully saturated rings. The molecule has 0 amide bonds. The molecule has 0 saturated carbocycles. The number of phenolic OH excluding ortho intramolecular Hbond substituents is 1. The largest absolute Gasteiger partial charge is 0.507 e. The van der Waals surface area contributed by atoms with E-state index in [-0.39, 0.29) is 0 Å². The molecule has 0 unspecified atom stereocenters. The van der Waals surface area contributed by atoms with Gasteiger partial charge in [-0.25, -0.2) is 0 Å². The smallest absolute Gasteiger partial charge is 0.259 e. The van der Waals surface area contributed by atoms with Crippen LogP contribution < -0.4 is 0 Å². The van der Waals surface area contributed by atoms with E-state index in [4.69, 9.17) is 17.0 Å². The number of thiocarbonyl (C=S) groups is 1. The van der Waals surface area contributed by atoms with Gasteiger partial charge in [0.05, 0.1) is 0 Å². The second-order valence-corrected chi connectivity index (χ2v) is 5.46. The van der Waals surface area contributed by atoms with Gasteiger partial charge in [-0.15, -0.1) is 0 Å². The number of nitrogens with zero attached hydrogens (tertiary/aromatic N) is 2. The minimum absolute atomic E-state index is 0.354. The first-order chi connectivity index (χ1) is 8.81. The van der Waals surface area contributed by atoms with Crippen molar-refractivity contribution in [1.29, 1.82) is 0 Å². The molecular formula is C14H22N2O2S. The van der Waals surface area contributed by atoms with Gasteiger partial charge < -0.3 is 19.6 Å². The second kappa shape index (κ2) is 6.73. The van der Waals surface area contributed by atoms with Gasteiger partial charge in [0.2, 0.25) is 0 Å². The standard InChI is InChI=1S/C14H22N2O2S/c1-10-6-11(9-18-14(19)16(4)5)7-12(13(10)17)8-15(2)3/h6-7,17H,8-9H2,1-5H3. The Bertz CT molecular complexity index is 459. The molecule has 0 heterocycles. The van der Waals surface area contributed by atoms with E-state index in [0.717, 1.165) is 16.7 Å². The Kier molecular flexibility index (Phi) is 5.57. The highest BCUT2D eigenvalue weighted by Crippen LogP contribution is 2.25. The summed E-state index contributed by atoms with van der Waals surface area (Å²) in [7, 11) is 7.64. The Balaban J connectivity index is 2.85. The van der Waals surface area contributed by atoms with E-state index in [0.29, 0.717) is 24.1 Å². The number of aromatic hydroxyl groups is 1. The molecule has 0 saturated heterocycles. The molecule has 1 N–H and O–H groups in total. The third-order valence-corrected chi connectivity index (χ3v) is 3.14. The minimum Gasteiger partial charge on any atom is -0.507 e. The molecule has 0 spiro atoms. The third kappa shape index (κ3) is 4.69. The summed E-state index contributed by atoms with van der Waals surface area (Å²) in [5, 5.41) is 10.5. The van der Waals surface area contributed by atoms with Crippen molar-refractivity contribution in [2.75, 3.05) is 28.2 Å². The van der Waals surface area contributed by atoms with E-state index in [2.05, 4.69) is 0 Å². The number of phenols is 1. The zero-order valence-electron chi connectivity index (χ0n) is 12.2. The molecule has 0 bridgehead atoms. The summed E-state index contributed by atoms with van der Waals surface area (Å²) in [4.78, 5) is 3.77. The number of hydrogen-bond donors (Lipinski definition) is 1. The predicted molar refractivity (Wildman–Crippen MR) is 81.3 cm³/mol. The lowest BCUT2D eigenvalue weighted by Gasteiger charge is -2.17. The molecule has 1 aromatic carbocycles. The molecule has 0 aliphatic carbocycles. The molecular weight excluding hydrogens is 260 g/mol. The average Bonchev–Trinajstić information content (AvgIpc) is 2.31. The maximum atomic E-state index is 10.0. The van der Waals surface area contributed by atoms with E-state index >= 15 is 0 Å². The Labute approximate surface area is 120 Å². The molecule has 0 aromatic heterocycles. The summed E-state index contributed by atoms with van der Waals surface area (Å²) in [6.07, 6.45) is 0. The van der Waals surface area contributed by atoms with Gasteiger partial charge in [0.1, 0.15) is 12.4 Å². The summed E-state index contributed by atoms with van der Waals surface area (Å²) < 4.78 is 5.51. The topological polar surface area (TPSA) is 35.9 Å². The van der Waals surface area contributed by atoms with Crippen molar-refractivity contribution >= 4 is 17.4 Å². The maximum absolute atomic E-state index is 10.0. The summed E-state index contributed by atoms with van der Waals surface area (Å²) >= 11 is 5.08. The first-order valence-corrected chi connectivity index (χ1v) is 6.52. The van der Waals surface area contributed by atoms with E-state index in [1.165, 1.54) is 0 Å². The van der Waals surface area contributed by atoms with E-state index in [1.807, 2.05) is 52.1 Å². The van der Waals surface area contributed by atoms with Crippen molar-refractivity contribution < 1.29 is 9.84 Å². The molecule has 0 atom stereocenters. The van der Waals surface area contributed by atoms with Gasteiger partial charge in [-0.1, -0.05) is 0 Å². The van der Waals surface area contributed by atoms with E-state index < -0.39 is 0 Å². The molecule has 0 aliphatic rings. The molecule has 0 aliphatic heterocycles. The van der Waals surface area contributed by atoms with E-state index in [9.17, 15) is 5.11 Å². The van der Waals surface area contributed by atoms with Crippen LogP contribution in [0.3, 0.4) is 0 Å². The zero-order valence-corrected chi connectivity index (χ0v) is 13.0. The predicted octanol–water partition coefficient (Wildman–Crippen LogP) is 2.13. The number of rotatable bonds is 4. The van der Waals surface area contributed by atoms with Gasteiger partial charge in [-0.2, -0.15) is 0 Å².